The number of nitrogens with zero attached hydrogens (tertiary/aromatic N) is 1. The van der Waals surface area contributed by atoms with Gasteiger partial charge >= 0.3 is 6.09 Å². The molecule has 6 nitrogen and oxygen atoms in total. The van der Waals surface area contributed by atoms with Crippen molar-refractivity contribution in [2.75, 3.05) is 31.6 Å². The van der Waals surface area contributed by atoms with Crippen LogP contribution in [0.4, 0.5) is 10.5 Å². The zero-order chi connectivity index (χ0) is 18.2. The van der Waals surface area contributed by atoms with E-state index in [1.807, 2.05) is 31.2 Å². The van der Waals surface area contributed by atoms with Crippen LogP contribution in [0.2, 0.25) is 0 Å². The van der Waals surface area contributed by atoms with Crippen molar-refractivity contribution in [1.29, 1.82) is 0 Å². The lowest BCUT2D eigenvalue weighted by molar-refractivity contribution is -0.115. The third-order valence-corrected chi connectivity index (χ3v) is 4.43. The van der Waals surface area contributed by atoms with Crippen molar-refractivity contribution in [3.05, 3.63) is 29.8 Å². The van der Waals surface area contributed by atoms with Gasteiger partial charge in [0.15, 0.2) is 0 Å². The molecular formula is C19H29N3O3. The van der Waals surface area contributed by atoms with E-state index < -0.39 is 0 Å². The van der Waals surface area contributed by atoms with Crippen LogP contribution < -0.4 is 10.6 Å². The minimum Gasteiger partial charge on any atom is -0.450 e. The second-order valence-electron chi connectivity index (χ2n) is 6.63. The van der Waals surface area contributed by atoms with Crippen molar-refractivity contribution in [2.45, 2.75) is 45.6 Å². The Bertz CT molecular complexity index is 581. The van der Waals surface area contributed by atoms with Gasteiger partial charge in [-0.15, -0.1) is 0 Å². The van der Waals surface area contributed by atoms with Gasteiger partial charge in [0.1, 0.15) is 0 Å². The minimum absolute atomic E-state index is 0.0408. The number of rotatable bonds is 6. The summed E-state index contributed by atoms with van der Waals surface area (Å²) in [6.45, 7) is 8.03. The Labute approximate surface area is 149 Å². The number of nitrogens with one attached hydrogen (secondary N) is 2. The molecule has 1 aromatic rings. The number of piperidine rings is 1. The predicted molar refractivity (Wildman–Crippen MR) is 98.8 cm³/mol. The van der Waals surface area contributed by atoms with E-state index in [1.165, 1.54) is 0 Å². The van der Waals surface area contributed by atoms with Gasteiger partial charge in [0.2, 0.25) is 5.91 Å². The van der Waals surface area contributed by atoms with Gasteiger partial charge in [-0.05, 0) is 37.3 Å². The molecular weight excluding hydrogens is 318 g/mol. The molecule has 1 saturated heterocycles. The van der Waals surface area contributed by atoms with Gasteiger partial charge in [0.25, 0.3) is 0 Å². The standard InChI is InChI=1S/C19H29N3O3/c1-4-25-19(24)22-11-9-15(10-12-22)20-13-18(23)21-17-8-6-5-7-16(17)14(2)3/h5-8,14-15,20H,4,9-13H2,1-3H3,(H,21,23). The molecule has 0 aromatic heterocycles. The van der Waals surface area contributed by atoms with E-state index in [9.17, 15) is 9.59 Å². The maximum absolute atomic E-state index is 12.2. The SMILES string of the molecule is CCOC(=O)N1CCC(NCC(=O)Nc2ccccc2C(C)C)CC1. The van der Waals surface area contributed by atoms with Crippen molar-refractivity contribution >= 4 is 17.7 Å². The summed E-state index contributed by atoms with van der Waals surface area (Å²) in [5, 5.41) is 6.28. The number of likely N-dealkylation sites (tertiary alicyclic amines) is 1. The van der Waals surface area contributed by atoms with E-state index in [-0.39, 0.29) is 24.6 Å². The first-order chi connectivity index (χ1) is 12.0. The van der Waals surface area contributed by atoms with Crippen LogP contribution in [0.3, 0.4) is 0 Å². The van der Waals surface area contributed by atoms with Crippen LogP contribution in [0.25, 0.3) is 0 Å². The maximum atomic E-state index is 12.2. The largest absolute Gasteiger partial charge is 0.450 e. The zero-order valence-electron chi connectivity index (χ0n) is 15.4. The Kier molecular flexibility index (Phi) is 7.25. The summed E-state index contributed by atoms with van der Waals surface area (Å²) in [6, 6.07) is 8.14. The Morgan fingerprint density at radius 3 is 2.56 bits per heavy atom. The Balaban J connectivity index is 1.75. The monoisotopic (exact) mass is 347 g/mol. The lowest BCUT2D eigenvalue weighted by Crippen LogP contribution is -2.46. The fourth-order valence-corrected chi connectivity index (χ4v) is 3.03. The molecule has 138 valence electrons. The fraction of sp³-hybridized carbons (Fsp3) is 0.579. The molecule has 1 fully saturated rings. The number of benzene rings is 1. The van der Waals surface area contributed by atoms with E-state index >= 15 is 0 Å². The lowest BCUT2D eigenvalue weighted by Gasteiger charge is -2.31. The molecule has 0 unspecified atom stereocenters. The van der Waals surface area contributed by atoms with Gasteiger partial charge in [0, 0.05) is 24.8 Å². The molecule has 0 spiro atoms. The van der Waals surface area contributed by atoms with Gasteiger partial charge in [-0.2, -0.15) is 0 Å². The first-order valence-electron chi connectivity index (χ1n) is 9.05. The van der Waals surface area contributed by atoms with Crippen molar-refractivity contribution in [3.8, 4) is 0 Å². The fourth-order valence-electron chi connectivity index (χ4n) is 3.03. The number of hydrogen-bond donors (Lipinski definition) is 2. The van der Waals surface area contributed by atoms with Crippen LogP contribution in [0.15, 0.2) is 24.3 Å². The highest BCUT2D eigenvalue weighted by molar-refractivity contribution is 5.93. The molecule has 6 heteroatoms. The van der Waals surface area contributed by atoms with Gasteiger partial charge in [0.05, 0.1) is 13.2 Å². The summed E-state index contributed by atoms with van der Waals surface area (Å²) in [4.78, 5) is 25.6. The normalized spacial score (nSPS) is 15.3. The smallest absolute Gasteiger partial charge is 0.409 e. The van der Waals surface area contributed by atoms with E-state index in [4.69, 9.17) is 4.74 Å². The Morgan fingerprint density at radius 2 is 1.92 bits per heavy atom. The first-order valence-corrected chi connectivity index (χ1v) is 9.05. The summed E-state index contributed by atoms with van der Waals surface area (Å²) in [6.07, 6.45) is 1.41. The zero-order valence-corrected chi connectivity index (χ0v) is 15.4. The number of hydrogen-bond acceptors (Lipinski definition) is 4. The predicted octanol–water partition coefficient (Wildman–Crippen LogP) is 2.96. The number of ether oxygens (including phenoxy) is 1. The van der Waals surface area contributed by atoms with Gasteiger partial charge in [-0.1, -0.05) is 32.0 Å². The molecule has 0 atom stereocenters. The summed E-state index contributed by atoms with van der Waals surface area (Å²) in [5.41, 5.74) is 2.01. The van der Waals surface area contributed by atoms with Gasteiger partial charge in [-0.3, -0.25) is 4.79 Å². The molecule has 2 N–H and O–H groups in total. The molecule has 0 bridgehead atoms. The maximum Gasteiger partial charge on any atom is 0.409 e. The molecule has 0 aliphatic carbocycles. The van der Waals surface area contributed by atoms with Crippen LogP contribution in [-0.2, 0) is 9.53 Å². The molecule has 2 rings (SSSR count). The average molecular weight is 347 g/mol. The second-order valence-corrected chi connectivity index (χ2v) is 6.63. The highest BCUT2D eigenvalue weighted by Gasteiger charge is 2.23. The second kappa shape index (κ2) is 9.42. The van der Waals surface area contributed by atoms with Crippen molar-refractivity contribution < 1.29 is 14.3 Å². The quantitative estimate of drug-likeness (QED) is 0.830. The molecule has 0 saturated carbocycles. The number of carbonyl (C=O) groups excluding carboxylic acids is 2. The summed E-state index contributed by atoms with van der Waals surface area (Å²) >= 11 is 0. The Morgan fingerprint density at radius 1 is 1.24 bits per heavy atom. The average Bonchev–Trinajstić information content (AvgIpc) is 2.61. The van der Waals surface area contributed by atoms with E-state index in [2.05, 4.69) is 24.5 Å². The number of para-hydroxylation sites is 1. The molecule has 1 aromatic carbocycles. The number of amides is 2. The summed E-state index contributed by atoms with van der Waals surface area (Å²) in [5.74, 6) is 0.317. The molecule has 1 aliphatic heterocycles. The summed E-state index contributed by atoms with van der Waals surface area (Å²) in [7, 11) is 0. The van der Waals surface area contributed by atoms with Crippen LogP contribution >= 0.6 is 0 Å². The number of anilines is 1. The lowest BCUT2D eigenvalue weighted by atomic mass is 10.0. The van der Waals surface area contributed by atoms with Crippen LogP contribution in [0, 0.1) is 0 Å². The Hall–Kier alpha value is -2.08. The molecule has 2 amide bonds. The minimum atomic E-state index is -0.246. The third kappa shape index (κ3) is 5.74. The molecule has 0 radical (unpaired) electrons. The van der Waals surface area contributed by atoms with Gasteiger partial charge in [-0.25, -0.2) is 4.79 Å². The van der Waals surface area contributed by atoms with Gasteiger partial charge < -0.3 is 20.3 Å². The number of carbonyl (C=O) groups is 2. The van der Waals surface area contributed by atoms with Crippen LogP contribution in [0.5, 0.6) is 0 Å². The van der Waals surface area contributed by atoms with Crippen molar-refractivity contribution in [1.82, 2.24) is 10.2 Å². The van der Waals surface area contributed by atoms with Crippen molar-refractivity contribution in [2.24, 2.45) is 0 Å². The highest BCUT2D eigenvalue weighted by Crippen LogP contribution is 2.23. The van der Waals surface area contributed by atoms with E-state index in [1.54, 1.807) is 4.90 Å². The highest BCUT2D eigenvalue weighted by atomic mass is 16.6. The molecule has 25 heavy (non-hydrogen) atoms. The molecule has 1 heterocycles. The topological polar surface area (TPSA) is 70.7 Å². The summed E-state index contributed by atoms with van der Waals surface area (Å²) < 4.78 is 5.01. The first kappa shape index (κ1) is 19.2. The van der Waals surface area contributed by atoms with Crippen LogP contribution in [-0.4, -0.2) is 49.2 Å². The molecule has 1 aliphatic rings. The third-order valence-electron chi connectivity index (χ3n) is 4.43. The van der Waals surface area contributed by atoms with Crippen molar-refractivity contribution in [3.63, 3.8) is 0 Å². The van der Waals surface area contributed by atoms with E-state index in [0.29, 0.717) is 25.6 Å². The van der Waals surface area contributed by atoms with Crippen LogP contribution in [0.1, 0.15) is 45.1 Å². The van der Waals surface area contributed by atoms with E-state index in [0.717, 1.165) is 24.1 Å².